The molecule has 2 rings (SSSR count). The monoisotopic (exact) mass is 618 g/mol. The van der Waals surface area contributed by atoms with Crippen LogP contribution in [0.25, 0.3) is 0 Å². The fourth-order valence-corrected chi connectivity index (χ4v) is 4.95. The number of benzene rings is 1. The van der Waals surface area contributed by atoms with E-state index in [0.717, 1.165) is 5.56 Å². The van der Waals surface area contributed by atoms with Crippen LogP contribution in [0.15, 0.2) is 30.3 Å². The zero-order valence-electron chi connectivity index (χ0n) is 27.2. The van der Waals surface area contributed by atoms with Gasteiger partial charge in [-0.3, -0.25) is 19.2 Å². The van der Waals surface area contributed by atoms with Gasteiger partial charge in [-0.15, -0.1) is 0 Å². The lowest BCUT2D eigenvalue weighted by atomic mass is 9.93. The second-order valence-corrected chi connectivity index (χ2v) is 12.7. The van der Waals surface area contributed by atoms with Gasteiger partial charge in [0.15, 0.2) is 5.78 Å². The van der Waals surface area contributed by atoms with Gasteiger partial charge in [0, 0.05) is 19.6 Å². The zero-order valence-corrected chi connectivity index (χ0v) is 27.2. The molecule has 246 valence electrons. The van der Waals surface area contributed by atoms with Gasteiger partial charge in [0.05, 0.1) is 17.7 Å². The number of alkyl carbamates (subject to hydrolysis) is 1. The number of carbonyl (C=O) groups is 5. The Morgan fingerprint density at radius 2 is 1.59 bits per heavy atom. The minimum absolute atomic E-state index is 0.00221. The van der Waals surface area contributed by atoms with Crippen molar-refractivity contribution < 1.29 is 38.2 Å². The number of methoxy groups -OCH3 is 1. The molecule has 0 bridgehead atoms. The average molecular weight is 619 g/mol. The number of hydrogen-bond donors (Lipinski definition) is 4. The van der Waals surface area contributed by atoms with Crippen molar-refractivity contribution >= 4 is 29.6 Å². The summed E-state index contributed by atoms with van der Waals surface area (Å²) in [6, 6.07) is 5.87. The van der Waals surface area contributed by atoms with Crippen LogP contribution >= 0.6 is 0 Å². The van der Waals surface area contributed by atoms with E-state index in [4.69, 9.17) is 14.2 Å². The molecular weight excluding hydrogens is 568 g/mol. The fourth-order valence-electron chi connectivity index (χ4n) is 4.95. The number of carbonyl (C=O) groups excluding carboxylic acids is 5. The van der Waals surface area contributed by atoms with Crippen LogP contribution in [0.3, 0.4) is 0 Å². The van der Waals surface area contributed by atoms with E-state index in [1.165, 1.54) is 7.11 Å². The van der Waals surface area contributed by atoms with E-state index in [9.17, 15) is 24.0 Å². The number of ether oxygens (including phenoxy) is 3. The highest BCUT2D eigenvalue weighted by Gasteiger charge is 2.37. The molecule has 12 nitrogen and oxygen atoms in total. The largest absolute Gasteiger partial charge is 0.445 e. The summed E-state index contributed by atoms with van der Waals surface area (Å²) < 4.78 is 16.5. The Morgan fingerprint density at radius 1 is 0.955 bits per heavy atom. The van der Waals surface area contributed by atoms with Crippen LogP contribution in [0.2, 0.25) is 0 Å². The van der Waals surface area contributed by atoms with Crippen molar-refractivity contribution in [2.75, 3.05) is 13.7 Å². The molecule has 1 heterocycles. The van der Waals surface area contributed by atoms with Crippen LogP contribution in [0.5, 0.6) is 0 Å². The highest BCUT2D eigenvalue weighted by molar-refractivity contribution is 5.96. The topological polar surface area (TPSA) is 161 Å². The van der Waals surface area contributed by atoms with Gasteiger partial charge in [-0.05, 0) is 65.4 Å². The highest BCUT2D eigenvalue weighted by Crippen LogP contribution is 2.19. The standard InChI is InChI=1S/C32H50N4O8/c1-19(2)16-25(29(39)34-24(27(37)21(4)42-8)17-23-14-15-33-28(23)38)35-30(40)26(20(3)44-32(5,6)7)36-31(41)43-18-22-12-10-9-11-13-22/h9-13,19-21,23-26H,14-18H2,1-8H3,(H,33,38)(H,34,39)(H,35,40)(H,36,41)/t20?,21?,23-,24-,25-,26-/m0/s1. The van der Waals surface area contributed by atoms with Crippen LogP contribution in [0.1, 0.15) is 73.3 Å². The number of Topliss-reactive ketones (excluding diaryl/α,β-unsaturated/α-hetero) is 1. The first-order valence-electron chi connectivity index (χ1n) is 15.2. The van der Waals surface area contributed by atoms with Crippen LogP contribution < -0.4 is 21.3 Å². The molecule has 44 heavy (non-hydrogen) atoms. The first-order chi connectivity index (χ1) is 20.6. The summed E-state index contributed by atoms with van der Waals surface area (Å²) in [6.07, 6.45) is -1.51. The van der Waals surface area contributed by atoms with E-state index in [1.807, 2.05) is 65.0 Å². The summed E-state index contributed by atoms with van der Waals surface area (Å²) in [7, 11) is 1.39. The number of nitrogens with one attached hydrogen (secondary N) is 4. The number of hydrogen-bond acceptors (Lipinski definition) is 8. The smallest absolute Gasteiger partial charge is 0.408 e. The van der Waals surface area contributed by atoms with Gasteiger partial charge in [-0.1, -0.05) is 44.2 Å². The summed E-state index contributed by atoms with van der Waals surface area (Å²) in [4.78, 5) is 65.5. The lowest BCUT2D eigenvalue weighted by molar-refractivity contribution is -0.137. The summed E-state index contributed by atoms with van der Waals surface area (Å²) in [6.45, 7) is 13.0. The second kappa shape index (κ2) is 17.1. The van der Waals surface area contributed by atoms with Crippen molar-refractivity contribution in [3.8, 4) is 0 Å². The summed E-state index contributed by atoms with van der Waals surface area (Å²) in [5.41, 5.74) is 0.138. The third-order valence-electron chi connectivity index (χ3n) is 7.21. The SMILES string of the molecule is COC(C)C(=O)[C@H](C[C@@H]1CCNC1=O)NC(=O)[C@H](CC(C)C)NC(=O)[C@@H](NC(=O)OCc1ccccc1)C(C)OC(C)(C)C. The number of ketones is 1. The van der Waals surface area contributed by atoms with Gasteiger partial charge in [0.25, 0.3) is 0 Å². The van der Waals surface area contributed by atoms with Crippen molar-refractivity contribution in [1.29, 1.82) is 0 Å². The number of amides is 4. The Bertz CT molecular complexity index is 1120. The van der Waals surface area contributed by atoms with Gasteiger partial charge >= 0.3 is 6.09 Å². The Balaban J connectivity index is 2.24. The molecule has 0 radical (unpaired) electrons. The molecule has 0 aromatic heterocycles. The lowest BCUT2D eigenvalue weighted by Crippen LogP contribution is -2.59. The third kappa shape index (κ3) is 12.2. The van der Waals surface area contributed by atoms with Gasteiger partial charge in [-0.2, -0.15) is 0 Å². The molecule has 1 fully saturated rings. The van der Waals surface area contributed by atoms with E-state index in [0.29, 0.717) is 13.0 Å². The maximum absolute atomic E-state index is 13.7. The minimum Gasteiger partial charge on any atom is -0.445 e. The van der Waals surface area contributed by atoms with Gasteiger partial charge in [0.1, 0.15) is 24.8 Å². The van der Waals surface area contributed by atoms with Crippen LogP contribution in [0.4, 0.5) is 4.79 Å². The molecule has 1 saturated heterocycles. The van der Waals surface area contributed by atoms with Crippen molar-refractivity contribution in [1.82, 2.24) is 21.3 Å². The first kappa shape index (κ1) is 36.7. The molecule has 1 aliphatic rings. The second-order valence-electron chi connectivity index (χ2n) is 12.7. The fraction of sp³-hybridized carbons (Fsp3) is 0.656. The molecule has 1 aromatic rings. The quantitative estimate of drug-likeness (QED) is 0.220. The summed E-state index contributed by atoms with van der Waals surface area (Å²) in [5.74, 6) is -2.22. The van der Waals surface area contributed by atoms with Gasteiger partial charge in [-0.25, -0.2) is 4.79 Å². The van der Waals surface area contributed by atoms with Crippen molar-refractivity contribution in [2.45, 2.75) is 110 Å². The van der Waals surface area contributed by atoms with E-state index >= 15 is 0 Å². The molecule has 0 saturated carbocycles. The maximum Gasteiger partial charge on any atom is 0.408 e. The minimum atomic E-state index is -1.20. The summed E-state index contributed by atoms with van der Waals surface area (Å²) in [5, 5.41) is 10.9. The summed E-state index contributed by atoms with van der Waals surface area (Å²) >= 11 is 0. The molecule has 12 heteroatoms. The predicted octanol–water partition coefficient (Wildman–Crippen LogP) is 2.63. The van der Waals surface area contributed by atoms with Crippen molar-refractivity contribution in [3.05, 3.63) is 35.9 Å². The molecule has 1 aromatic carbocycles. The first-order valence-corrected chi connectivity index (χ1v) is 15.2. The normalized spacial score (nSPS) is 18.4. The Morgan fingerprint density at radius 3 is 2.14 bits per heavy atom. The van der Waals surface area contributed by atoms with Crippen LogP contribution in [-0.4, -0.2) is 79.2 Å². The van der Waals surface area contributed by atoms with Crippen LogP contribution in [-0.2, 0) is 40.0 Å². The molecule has 2 unspecified atom stereocenters. The molecular formula is C32H50N4O8. The molecule has 4 amide bonds. The highest BCUT2D eigenvalue weighted by atomic mass is 16.6. The van der Waals surface area contributed by atoms with E-state index in [2.05, 4.69) is 21.3 Å². The van der Waals surface area contributed by atoms with E-state index in [1.54, 1.807) is 13.8 Å². The molecule has 0 spiro atoms. The number of rotatable bonds is 16. The van der Waals surface area contributed by atoms with E-state index in [-0.39, 0.29) is 37.1 Å². The molecule has 1 aliphatic heterocycles. The van der Waals surface area contributed by atoms with E-state index < -0.39 is 59.8 Å². The molecule has 6 atom stereocenters. The molecule has 4 N–H and O–H groups in total. The zero-order chi connectivity index (χ0) is 33.0. The van der Waals surface area contributed by atoms with Crippen molar-refractivity contribution in [2.24, 2.45) is 11.8 Å². The Labute approximate surface area is 260 Å². The maximum atomic E-state index is 13.7. The molecule has 0 aliphatic carbocycles. The van der Waals surface area contributed by atoms with Gasteiger partial charge < -0.3 is 35.5 Å². The predicted molar refractivity (Wildman–Crippen MR) is 164 cm³/mol. The Hall–Kier alpha value is -3.51. The van der Waals surface area contributed by atoms with Gasteiger partial charge in [0.2, 0.25) is 17.7 Å². The third-order valence-corrected chi connectivity index (χ3v) is 7.21. The average Bonchev–Trinajstić information content (AvgIpc) is 3.36. The lowest BCUT2D eigenvalue weighted by Gasteiger charge is -2.32. The Kier molecular flexibility index (Phi) is 14.3. The van der Waals surface area contributed by atoms with Crippen molar-refractivity contribution in [3.63, 3.8) is 0 Å². The van der Waals surface area contributed by atoms with Crippen LogP contribution in [0, 0.1) is 11.8 Å².